The normalized spacial score (nSPS) is 11.5. The molecule has 0 aromatic rings. The van der Waals surface area contributed by atoms with Crippen LogP contribution in [0, 0.1) is 0 Å². The van der Waals surface area contributed by atoms with Gasteiger partial charge in [0.15, 0.2) is 0 Å². The summed E-state index contributed by atoms with van der Waals surface area (Å²) in [7, 11) is -3.94. The van der Waals surface area contributed by atoms with E-state index >= 15 is 0 Å². The minimum absolute atomic E-state index is 0.180. The highest BCUT2D eigenvalue weighted by Gasteiger charge is 2.12. The highest BCUT2D eigenvalue weighted by Crippen LogP contribution is 2.02. The number of carbonyl (C=O) groups is 1. The number of rotatable bonds is 8. The second kappa shape index (κ2) is 8.29. The molecule has 0 aliphatic rings. The predicted molar refractivity (Wildman–Crippen MR) is 75.1 cm³/mol. The van der Waals surface area contributed by atoms with Crippen molar-refractivity contribution >= 4 is 16.0 Å². The number of hydrogen-bond donors (Lipinski definition) is 2. The van der Waals surface area contributed by atoms with Gasteiger partial charge >= 0.3 is 0 Å². The highest BCUT2D eigenvalue weighted by molar-refractivity contribution is 7.85. The van der Waals surface area contributed by atoms with Crippen molar-refractivity contribution in [2.24, 2.45) is 0 Å². The van der Waals surface area contributed by atoms with E-state index in [2.05, 4.69) is 5.43 Å². The molecule has 1 amide bonds. The maximum atomic E-state index is 11.9. The lowest BCUT2D eigenvalue weighted by Gasteiger charge is -2.22. The zero-order valence-electron chi connectivity index (χ0n) is 12.1. The summed E-state index contributed by atoms with van der Waals surface area (Å²) in [5, 5.41) is 1.68. The summed E-state index contributed by atoms with van der Waals surface area (Å²) in [6.45, 7) is 8.44. The van der Waals surface area contributed by atoms with Gasteiger partial charge in [0.05, 0.1) is 5.75 Å². The van der Waals surface area contributed by atoms with Gasteiger partial charge in [0.1, 0.15) is 0 Å². The number of nitrogens with zero attached hydrogens (tertiary/aromatic N) is 1. The maximum absolute atomic E-state index is 11.9. The van der Waals surface area contributed by atoms with Gasteiger partial charge in [0.25, 0.3) is 16.0 Å². The Hall–Kier alpha value is -0.920. The third-order valence-corrected chi connectivity index (χ3v) is 3.48. The number of hydrogen-bond acceptors (Lipinski definition) is 4. The molecule has 7 heteroatoms. The molecule has 0 saturated carbocycles. The lowest BCUT2D eigenvalue weighted by atomic mass is 10.2. The number of carbonyl (C=O) groups excluding carboxylic acids is 1. The van der Waals surface area contributed by atoms with E-state index < -0.39 is 10.1 Å². The van der Waals surface area contributed by atoms with Crippen molar-refractivity contribution in [1.82, 2.24) is 10.4 Å². The molecule has 0 bridgehead atoms. The van der Waals surface area contributed by atoms with Gasteiger partial charge in [-0.25, -0.2) is 5.01 Å². The lowest BCUT2D eigenvalue weighted by molar-refractivity contribution is -0.122. The van der Waals surface area contributed by atoms with Crippen molar-refractivity contribution in [3.63, 3.8) is 0 Å². The first-order valence-corrected chi connectivity index (χ1v) is 7.93. The monoisotopic (exact) mass is 292 g/mol. The van der Waals surface area contributed by atoms with Gasteiger partial charge in [-0.1, -0.05) is 12.5 Å². The largest absolute Gasteiger partial charge is 0.286 e. The molecule has 0 aliphatic carbocycles. The summed E-state index contributed by atoms with van der Waals surface area (Å²) in [5.41, 5.74) is 4.33. The molecular formula is C12H24N2O4S. The van der Waals surface area contributed by atoms with Crippen LogP contribution >= 0.6 is 0 Å². The van der Waals surface area contributed by atoms with Crippen molar-refractivity contribution in [3.8, 4) is 0 Å². The predicted octanol–water partition coefficient (Wildman–Crippen LogP) is 1.36. The van der Waals surface area contributed by atoms with Gasteiger partial charge < -0.3 is 0 Å². The highest BCUT2D eigenvalue weighted by atomic mass is 32.2. The van der Waals surface area contributed by atoms with Gasteiger partial charge in [-0.05, 0) is 33.6 Å². The molecule has 0 rings (SSSR count). The summed E-state index contributed by atoms with van der Waals surface area (Å²) in [6.07, 6.45) is 1.10. The molecule has 0 saturated heterocycles. The Balaban J connectivity index is 4.42. The van der Waals surface area contributed by atoms with Crippen molar-refractivity contribution < 1.29 is 17.8 Å². The third-order valence-electron chi connectivity index (χ3n) is 2.67. The fraction of sp³-hybridized carbons (Fsp3) is 0.750. The first-order chi connectivity index (χ1) is 8.67. The first-order valence-electron chi connectivity index (χ1n) is 6.32. The minimum atomic E-state index is -3.94. The molecule has 0 aliphatic heterocycles. The molecule has 6 nitrogen and oxygen atoms in total. The van der Waals surface area contributed by atoms with Crippen LogP contribution in [0.2, 0.25) is 0 Å². The molecule has 0 aromatic carbocycles. The first kappa shape index (κ1) is 18.1. The van der Waals surface area contributed by atoms with Crippen LogP contribution in [0.5, 0.6) is 0 Å². The number of hydrazine groups is 1. The average molecular weight is 292 g/mol. The van der Waals surface area contributed by atoms with E-state index in [1.807, 2.05) is 20.8 Å². The van der Waals surface area contributed by atoms with E-state index in [-0.39, 0.29) is 18.1 Å². The fourth-order valence-electron chi connectivity index (χ4n) is 1.39. The second-order valence-corrected chi connectivity index (χ2v) is 6.26. The zero-order valence-corrected chi connectivity index (χ0v) is 12.9. The number of nitrogens with one attached hydrogen (secondary N) is 1. The summed E-state index contributed by atoms with van der Waals surface area (Å²) in [5.74, 6) is -0.481. The second-order valence-electron chi connectivity index (χ2n) is 4.69. The molecule has 0 fully saturated rings. The topological polar surface area (TPSA) is 86.7 Å². The summed E-state index contributed by atoms with van der Waals surface area (Å²) in [6, 6.07) is 0. The summed E-state index contributed by atoms with van der Waals surface area (Å²) < 4.78 is 29.9. The van der Waals surface area contributed by atoms with Crippen LogP contribution in [0.15, 0.2) is 11.1 Å². The Kier molecular flexibility index (Phi) is 7.89. The van der Waals surface area contributed by atoms with Crippen LogP contribution in [0.4, 0.5) is 0 Å². The molecule has 0 aromatic heterocycles. The summed E-state index contributed by atoms with van der Waals surface area (Å²) >= 11 is 0. The van der Waals surface area contributed by atoms with E-state index in [1.165, 1.54) is 0 Å². The Labute approximate surface area is 115 Å². The molecule has 19 heavy (non-hydrogen) atoms. The molecule has 112 valence electrons. The van der Waals surface area contributed by atoms with E-state index in [0.717, 1.165) is 12.0 Å². The van der Waals surface area contributed by atoms with E-state index in [9.17, 15) is 13.2 Å². The van der Waals surface area contributed by atoms with Crippen molar-refractivity contribution in [3.05, 3.63) is 11.1 Å². The van der Waals surface area contributed by atoms with Gasteiger partial charge in [0.2, 0.25) is 0 Å². The molecule has 0 heterocycles. The Morgan fingerprint density at radius 2 is 1.79 bits per heavy atom. The fourth-order valence-corrected chi connectivity index (χ4v) is 1.88. The Morgan fingerprint density at radius 3 is 2.21 bits per heavy atom. The van der Waals surface area contributed by atoms with Crippen molar-refractivity contribution in [1.29, 1.82) is 0 Å². The van der Waals surface area contributed by atoms with Crippen LogP contribution in [0.25, 0.3) is 0 Å². The van der Waals surface area contributed by atoms with Gasteiger partial charge in [-0.2, -0.15) is 8.42 Å². The number of allylic oxidation sites excluding steroid dienone is 1. The molecule has 0 unspecified atom stereocenters. The minimum Gasteiger partial charge on any atom is -0.286 e. The quantitative estimate of drug-likeness (QED) is 0.401. The van der Waals surface area contributed by atoms with Crippen LogP contribution in [-0.2, 0) is 14.9 Å². The van der Waals surface area contributed by atoms with Crippen LogP contribution in [-0.4, -0.2) is 42.7 Å². The molecule has 0 atom stereocenters. The summed E-state index contributed by atoms with van der Waals surface area (Å²) in [4.78, 5) is 11.9. The van der Waals surface area contributed by atoms with E-state index in [4.69, 9.17) is 4.55 Å². The van der Waals surface area contributed by atoms with E-state index in [1.54, 1.807) is 11.9 Å². The zero-order chi connectivity index (χ0) is 15.1. The maximum Gasteiger partial charge on any atom is 0.264 e. The molecule has 0 radical (unpaired) electrons. The van der Waals surface area contributed by atoms with Gasteiger partial charge in [-0.3, -0.25) is 14.8 Å². The van der Waals surface area contributed by atoms with Crippen molar-refractivity contribution in [2.75, 3.05) is 18.8 Å². The Bertz CT molecular complexity index is 425. The lowest BCUT2D eigenvalue weighted by Crippen LogP contribution is -2.44. The SMILES string of the molecule is CCCN(CCCS(=O)(=O)O)NC(=O)C(C)=C(C)C. The van der Waals surface area contributed by atoms with Crippen molar-refractivity contribution in [2.45, 2.75) is 40.5 Å². The molecule has 2 N–H and O–H groups in total. The van der Waals surface area contributed by atoms with Crippen LogP contribution in [0.3, 0.4) is 0 Å². The van der Waals surface area contributed by atoms with E-state index in [0.29, 0.717) is 18.7 Å². The molecular weight excluding hydrogens is 268 g/mol. The smallest absolute Gasteiger partial charge is 0.264 e. The Morgan fingerprint density at radius 1 is 1.21 bits per heavy atom. The van der Waals surface area contributed by atoms with Crippen LogP contribution in [0.1, 0.15) is 40.5 Å². The third kappa shape index (κ3) is 8.74. The molecule has 0 spiro atoms. The standard InChI is InChI=1S/C12H24N2O4S/c1-5-7-14(8-6-9-19(16,17)18)13-12(15)11(4)10(2)3/h5-9H2,1-4H3,(H,13,15)(H,16,17,18). The number of amides is 1. The average Bonchev–Trinajstić information content (AvgIpc) is 2.26. The van der Waals surface area contributed by atoms with Crippen LogP contribution < -0.4 is 5.43 Å². The van der Waals surface area contributed by atoms with Gasteiger partial charge in [0, 0.05) is 18.7 Å². The van der Waals surface area contributed by atoms with Gasteiger partial charge in [-0.15, -0.1) is 0 Å².